The van der Waals surface area contributed by atoms with Gasteiger partial charge in [-0.2, -0.15) is 0 Å². The summed E-state index contributed by atoms with van der Waals surface area (Å²) in [6.45, 7) is 3.70. The predicted octanol–water partition coefficient (Wildman–Crippen LogP) is 0.778. The van der Waals surface area contributed by atoms with E-state index in [1.165, 1.54) is 6.07 Å². The van der Waals surface area contributed by atoms with Crippen LogP contribution in [-0.4, -0.2) is 40.5 Å². The van der Waals surface area contributed by atoms with Gasteiger partial charge in [-0.25, -0.2) is 4.98 Å². The molecule has 0 aromatic carbocycles. The molecule has 6 nitrogen and oxygen atoms in total. The van der Waals surface area contributed by atoms with Gasteiger partial charge in [-0.1, -0.05) is 0 Å². The molecular weight excluding hydrogens is 258 g/mol. The number of H-pyrrole nitrogens is 1. The molecule has 1 aromatic rings. The van der Waals surface area contributed by atoms with Crippen LogP contribution in [0.5, 0.6) is 0 Å². The third-order valence-corrected chi connectivity index (χ3v) is 4.02. The van der Waals surface area contributed by atoms with Crippen molar-refractivity contribution in [3.05, 3.63) is 27.9 Å². The van der Waals surface area contributed by atoms with E-state index in [9.17, 15) is 9.59 Å². The minimum absolute atomic E-state index is 0.0351. The molecule has 2 saturated heterocycles. The van der Waals surface area contributed by atoms with Gasteiger partial charge in [0.1, 0.15) is 5.82 Å². The zero-order chi connectivity index (χ0) is 14.1. The van der Waals surface area contributed by atoms with Crippen molar-refractivity contribution in [2.75, 3.05) is 19.8 Å². The average Bonchev–Trinajstić information content (AvgIpc) is 3.08. The second kappa shape index (κ2) is 5.36. The summed E-state index contributed by atoms with van der Waals surface area (Å²) >= 11 is 0. The first-order valence-corrected chi connectivity index (χ1v) is 7.11. The third-order valence-electron chi connectivity index (χ3n) is 4.02. The highest BCUT2D eigenvalue weighted by Gasteiger charge is 2.36. The predicted molar refractivity (Wildman–Crippen MR) is 72.2 cm³/mol. The van der Waals surface area contributed by atoms with Gasteiger partial charge in [0.05, 0.1) is 18.6 Å². The van der Waals surface area contributed by atoms with E-state index < -0.39 is 0 Å². The van der Waals surface area contributed by atoms with Gasteiger partial charge in [0.25, 0.3) is 5.56 Å². The number of carbonyl (C=O) groups excluding carboxylic acids is 1. The first kappa shape index (κ1) is 13.3. The van der Waals surface area contributed by atoms with E-state index in [1.54, 1.807) is 6.92 Å². The van der Waals surface area contributed by atoms with Crippen LogP contribution in [0.1, 0.15) is 36.8 Å². The van der Waals surface area contributed by atoms with Gasteiger partial charge in [-0.05, 0) is 26.2 Å². The van der Waals surface area contributed by atoms with Gasteiger partial charge < -0.3 is 14.6 Å². The molecule has 2 atom stereocenters. The van der Waals surface area contributed by atoms with Gasteiger partial charge in [0.2, 0.25) is 5.91 Å². The van der Waals surface area contributed by atoms with Crippen LogP contribution in [0, 0.1) is 12.8 Å². The highest BCUT2D eigenvalue weighted by Crippen LogP contribution is 2.32. The number of rotatable bonds is 2. The zero-order valence-corrected chi connectivity index (χ0v) is 11.6. The van der Waals surface area contributed by atoms with Crippen molar-refractivity contribution in [3.8, 4) is 0 Å². The first-order chi connectivity index (χ1) is 9.65. The van der Waals surface area contributed by atoms with Crippen LogP contribution in [0.25, 0.3) is 0 Å². The van der Waals surface area contributed by atoms with Crippen LogP contribution in [0.15, 0.2) is 10.9 Å². The minimum atomic E-state index is -0.156. The van der Waals surface area contributed by atoms with Gasteiger partial charge >= 0.3 is 0 Å². The lowest BCUT2D eigenvalue weighted by Crippen LogP contribution is -2.37. The standard InChI is InChI=1S/C14H19N3O3/c1-9-7-12(18)16-13(15-9)11-3-2-5-17(11)14(19)10-4-6-20-8-10/h7,10-11H,2-6,8H2,1H3,(H,15,16,18)/t10-,11-/m0/s1. The maximum absolute atomic E-state index is 12.5. The first-order valence-electron chi connectivity index (χ1n) is 7.11. The Morgan fingerprint density at radius 2 is 2.35 bits per heavy atom. The fourth-order valence-corrected chi connectivity index (χ4v) is 3.04. The molecule has 0 saturated carbocycles. The topological polar surface area (TPSA) is 75.3 Å². The van der Waals surface area contributed by atoms with Crippen molar-refractivity contribution in [3.63, 3.8) is 0 Å². The summed E-state index contributed by atoms with van der Waals surface area (Å²) in [4.78, 5) is 33.1. The molecular formula is C14H19N3O3. The van der Waals surface area contributed by atoms with Gasteiger partial charge in [-0.3, -0.25) is 9.59 Å². The van der Waals surface area contributed by atoms with Crippen molar-refractivity contribution in [1.82, 2.24) is 14.9 Å². The number of amides is 1. The van der Waals surface area contributed by atoms with E-state index >= 15 is 0 Å². The summed E-state index contributed by atoms with van der Waals surface area (Å²) < 4.78 is 5.30. The Labute approximate surface area is 117 Å². The Hall–Kier alpha value is -1.69. The molecule has 1 N–H and O–H groups in total. The normalized spacial score (nSPS) is 26.1. The quantitative estimate of drug-likeness (QED) is 0.866. The van der Waals surface area contributed by atoms with Crippen molar-refractivity contribution in [2.24, 2.45) is 5.92 Å². The minimum Gasteiger partial charge on any atom is -0.381 e. The Bertz CT molecular complexity index is 563. The summed E-state index contributed by atoms with van der Waals surface area (Å²) in [6.07, 6.45) is 2.59. The Balaban J connectivity index is 1.84. The number of aryl methyl sites for hydroxylation is 1. The number of hydrogen-bond acceptors (Lipinski definition) is 4. The molecule has 108 valence electrons. The van der Waals surface area contributed by atoms with Crippen molar-refractivity contribution >= 4 is 5.91 Å². The molecule has 0 spiro atoms. The van der Waals surface area contributed by atoms with Crippen LogP contribution >= 0.6 is 0 Å². The molecule has 1 amide bonds. The third kappa shape index (κ3) is 2.47. The van der Waals surface area contributed by atoms with Crippen molar-refractivity contribution in [1.29, 1.82) is 0 Å². The van der Waals surface area contributed by atoms with E-state index in [2.05, 4.69) is 9.97 Å². The van der Waals surface area contributed by atoms with Crippen LogP contribution in [-0.2, 0) is 9.53 Å². The summed E-state index contributed by atoms with van der Waals surface area (Å²) in [7, 11) is 0. The zero-order valence-electron chi connectivity index (χ0n) is 11.6. The van der Waals surface area contributed by atoms with Crippen LogP contribution in [0.3, 0.4) is 0 Å². The van der Waals surface area contributed by atoms with Crippen LogP contribution < -0.4 is 5.56 Å². The SMILES string of the molecule is Cc1cc(=O)[nH]c([C@@H]2CCCN2C(=O)[C@H]2CCOC2)n1. The lowest BCUT2D eigenvalue weighted by Gasteiger charge is -2.26. The second-order valence-electron chi connectivity index (χ2n) is 5.52. The summed E-state index contributed by atoms with van der Waals surface area (Å²) in [6, 6.07) is 1.37. The maximum atomic E-state index is 12.5. The lowest BCUT2D eigenvalue weighted by molar-refractivity contribution is -0.136. The van der Waals surface area contributed by atoms with E-state index in [1.807, 2.05) is 4.90 Å². The number of carbonyl (C=O) groups is 1. The monoisotopic (exact) mass is 277 g/mol. The number of nitrogens with one attached hydrogen (secondary N) is 1. The number of ether oxygens (including phenoxy) is 1. The second-order valence-corrected chi connectivity index (χ2v) is 5.52. The van der Waals surface area contributed by atoms with Gasteiger partial charge in [0.15, 0.2) is 0 Å². The molecule has 0 unspecified atom stereocenters. The fraction of sp³-hybridized carbons (Fsp3) is 0.643. The van der Waals surface area contributed by atoms with Crippen molar-refractivity contribution < 1.29 is 9.53 Å². The summed E-state index contributed by atoms with van der Waals surface area (Å²) in [5.74, 6) is 0.709. The molecule has 2 fully saturated rings. The number of nitrogens with zero attached hydrogens (tertiary/aromatic N) is 2. The average molecular weight is 277 g/mol. The Morgan fingerprint density at radius 1 is 1.50 bits per heavy atom. The smallest absolute Gasteiger partial charge is 0.251 e. The fourth-order valence-electron chi connectivity index (χ4n) is 3.04. The molecule has 0 bridgehead atoms. The molecule has 20 heavy (non-hydrogen) atoms. The van der Waals surface area contributed by atoms with Gasteiger partial charge in [-0.15, -0.1) is 0 Å². The highest BCUT2D eigenvalue weighted by molar-refractivity contribution is 5.79. The molecule has 0 radical (unpaired) electrons. The largest absolute Gasteiger partial charge is 0.381 e. The lowest BCUT2D eigenvalue weighted by atomic mass is 10.1. The van der Waals surface area contributed by atoms with Crippen LogP contribution in [0.2, 0.25) is 0 Å². The molecule has 6 heteroatoms. The molecule has 0 aliphatic carbocycles. The summed E-state index contributed by atoms with van der Waals surface area (Å²) in [5.41, 5.74) is 0.531. The Kier molecular flexibility index (Phi) is 3.56. The molecule has 2 aliphatic rings. The molecule has 2 aliphatic heterocycles. The maximum Gasteiger partial charge on any atom is 0.251 e. The van der Waals surface area contributed by atoms with Gasteiger partial charge in [0, 0.05) is 24.9 Å². The molecule has 3 rings (SSSR count). The number of hydrogen-bond donors (Lipinski definition) is 1. The van der Waals surface area contributed by atoms with E-state index in [0.29, 0.717) is 24.7 Å². The molecule has 3 heterocycles. The molecule has 1 aromatic heterocycles. The van der Waals surface area contributed by atoms with E-state index in [4.69, 9.17) is 4.74 Å². The van der Waals surface area contributed by atoms with E-state index in [-0.39, 0.29) is 23.4 Å². The number of aromatic amines is 1. The highest BCUT2D eigenvalue weighted by atomic mass is 16.5. The van der Waals surface area contributed by atoms with Crippen LogP contribution in [0.4, 0.5) is 0 Å². The number of likely N-dealkylation sites (tertiary alicyclic amines) is 1. The number of aromatic nitrogens is 2. The Morgan fingerprint density at radius 3 is 3.05 bits per heavy atom. The summed E-state index contributed by atoms with van der Waals surface area (Å²) in [5, 5.41) is 0. The van der Waals surface area contributed by atoms with E-state index in [0.717, 1.165) is 25.8 Å². The van der Waals surface area contributed by atoms with Crippen molar-refractivity contribution in [2.45, 2.75) is 32.2 Å².